The van der Waals surface area contributed by atoms with Gasteiger partial charge in [-0.05, 0) is 26.4 Å². The van der Waals surface area contributed by atoms with Crippen molar-refractivity contribution in [1.29, 1.82) is 0 Å². The van der Waals surface area contributed by atoms with Crippen LogP contribution in [0.15, 0.2) is 0 Å². The highest BCUT2D eigenvalue weighted by atomic mass is 19.4. The van der Waals surface area contributed by atoms with E-state index < -0.39 is 36.6 Å². The number of rotatable bonds is 5. The maximum Gasteiger partial charge on any atom is 0.406 e. The lowest BCUT2D eigenvalue weighted by molar-refractivity contribution is -0.227. The Bertz CT molecular complexity index is 403. The van der Waals surface area contributed by atoms with Gasteiger partial charge in [-0.15, -0.1) is 0 Å². The smallest absolute Gasteiger partial charge is 0.406 e. The number of carboxylic acid groups (broad SMARTS) is 1. The highest BCUT2D eigenvalue weighted by Crippen LogP contribution is 2.45. The van der Waals surface area contributed by atoms with Crippen LogP contribution in [0.3, 0.4) is 0 Å². The molecular weight excluding hydrogens is 291 g/mol. The Morgan fingerprint density at radius 2 is 2.05 bits per heavy atom. The van der Waals surface area contributed by atoms with Gasteiger partial charge < -0.3 is 20.2 Å². The van der Waals surface area contributed by atoms with E-state index in [1.807, 2.05) is 0 Å². The Morgan fingerprint density at radius 3 is 2.48 bits per heavy atom. The van der Waals surface area contributed by atoms with Gasteiger partial charge in [-0.3, -0.25) is 4.79 Å². The molecule has 0 aromatic heterocycles. The van der Waals surface area contributed by atoms with Crippen LogP contribution < -0.4 is 5.32 Å². The van der Waals surface area contributed by atoms with E-state index >= 15 is 0 Å². The van der Waals surface area contributed by atoms with Crippen LogP contribution >= 0.6 is 0 Å². The van der Waals surface area contributed by atoms with Crippen molar-refractivity contribution in [3.8, 4) is 0 Å². The van der Waals surface area contributed by atoms with Crippen LogP contribution in [-0.4, -0.2) is 73.4 Å². The van der Waals surface area contributed by atoms with Gasteiger partial charge in [0.2, 0.25) is 0 Å². The van der Waals surface area contributed by atoms with Crippen LogP contribution in [-0.2, 0) is 4.79 Å². The van der Waals surface area contributed by atoms with Gasteiger partial charge >= 0.3 is 18.2 Å². The van der Waals surface area contributed by atoms with Crippen molar-refractivity contribution in [3.05, 3.63) is 0 Å². The first-order chi connectivity index (χ1) is 9.65. The van der Waals surface area contributed by atoms with Crippen LogP contribution in [0.1, 0.15) is 12.8 Å². The van der Waals surface area contributed by atoms with E-state index in [4.69, 9.17) is 5.11 Å². The van der Waals surface area contributed by atoms with E-state index in [1.54, 1.807) is 7.05 Å². The molecule has 1 heterocycles. The van der Waals surface area contributed by atoms with Crippen molar-refractivity contribution in [2.24, 2.45) is 5.41 Å². The van der Waals surface area contributed by atoms with Crippen molar-refractivity contribution in [2.75, 3.05) is 40.3 Å². The van der Waals surface area contributed by atoms with E-state index in [-0.39, 0.29) is 6.54 Å². The minimum Gasteiger partial charge on any atom is -0.481 e. The normalized spacial score (nSPS) is 22.4. The van der Waals surface area contributed by atoms with Crippen LogP contribution in [0.5, 0.6) is 0 Å². The number of nitrogens with one attached hydrogen (secondary N) is 1. The van der Waals surface area contributed by atoms with Gasteiger partial charge in [-0.25, -0.2) is 4.79 Å². The third-order valence-electron chi connectivity index (χ3n) is 3.74. The summed E-state index contributed by atoms with van der Waals surface area (Å²) in [4.78, 5) is 25.4. The van der Waals surface area contributed by atoms with Gasteiger partial charge in [-0.1, -0.05) is 0 Å². The molecule has 1 aliphatic heterocycles. The number of nitrogens with zero attached hydrogens (tertiary/aromatic N) is 2. The summed E-state index contributed by atoms with van der Waals surface area (Å²) in [5.41, 5.74) is -2.85. The second-order valence-corrected chi connectivity index (χ2v) is 5.22. The summed E-state index contributed by atoms with van der Waals surface area (Å²) in [5.74, 6) is -1.93. The minimum atomic E-state index is -4.88. The average molecular weight is 311 g/mol. The summed E-state index contributed by atoms with van der Waals surface area (Å²) in [7, 11) is 3.25. The number of carbonyl (C=O) groups excluding carboxylic acids is 1. The van der Waals surface area contributed by atoms with E-state index in [1.165, 1.54) is 11.9 Å². The monoisotopic (exact) mass is 311 g/mol. The lowest BCUT2D eigenvalue weighted by atomic mass is 9.86. The van der Waals surface area contributed by atoms with E-state index in [0.29, 0.717) is 19.5 Å². The second-order valence-electron chi connectivity index (χ2n) is 5.22. The van der Waals surface area contributed by atoms with Gasteiger partial charge in [0.1, 0.15) is 0 Å². The van der Waals surface area contributed by atoms with Crippen LogP contribution in [0.2, 0.25) is 0 Å². The van der Waals surface area contributed by atoms with Gasteiger partial charge in [0, 0.05) is 26.7 Å². The minimum absolute atomic E-state index is 0.207. The highest BCUT2D eigenvalue weighted by Gasteiger charge is 2.64. The van der Waals surface area contributed by atoms with E-state index in [9.17, 15) is 22.8 Å². The molecule has 1 unspecified atom stereocenters. The predicted molar refractivity (Wildman–Crippen MR) is 68.9 cm³/mol. The Kier molecular flexibility index (Phi) is 5.43. The van der Waals surface area contributed by atoms with Gasteiger partial charge in [0.25, 0.3) is 0 Å². The zero-order chi connectivity index (χ0) is 16.3. The molecule has 6 nitrogen and oxygen atoms in total. The number of urea groups is 1. The first-order valence-electron chi connectivity index (χ1n) is 6.60. The first-order valence-corrected chi connectivity index (χ1v) is 6.60. The Balaban J connectivity index is 2.72. The predicted octanol–water partition coefficient (Wildman–Crippen LogP) is 0.987. The molecule has 0 aromatic carbocycles. The summed E-state index contributed by atoms with van der Waals surface area (Å²) in [6.07, 6.45) is -4.82. The average Bonchev–Trinajstić information content (AvgIpc) is 2.83. The molecule has 122 valence electrons. The number of likely N-dealkylation sites (tertiary alicyclic amines) is 1. The number of hydrogen-bond donors (Lipinski definition) is 2. The van der Waals surface area contributed by atoms with Gasteiger partial charge in [-0.2, -0.15) is 13.2 Å². The molecule has 1 aliphatic rings. The van der Waals surface area contributed by atoms with E-state index in [0.717, 1.165) is 4.90 Å². The molecule has 2 N–H and O–H groups in total. The lowest BCUT2D eigenvalue weighted by Crippen LogP contribution is -2.49. The van der Waals surface area contributed by atoms with Crippen molar-refractivity contribution in [1.82, 2.24) is 15.1 Å². The fourth-order valence-corrected chi connectivity index (χ4v) is 2.33. The van der Waals surface area contributed by atoms with Crippen molar-refractivity contribution < 1.29 is 27.9 Å². The number of hydrogen-bond acceptors (Lipinski definition) is 3. The lowest BCUT2D eigenvalue weighted by Gasteiger charge is -2.29. The highest BCUT2D eigenvalue weighted by molar-refractivity contribution is 5.80. The van der Waals surface area contributed by atoms with Gasteiger partial charge in [0.15, 0.2) is 5.41 Å². The fourth-order valence-electron chi connectivity index (χ4n) is 2.33. The van der Waals surface area contributed by atoms with Crippen molar-refractivity contribution >= 4 is 12.0 Å². The van der Waals surface area contributed by atoms with E-state index in [2.05, 4.69) is 5.32 Å². The van der Waals surface area contributed by atoms with Crippen LogP contribution in [0.25, 0.3) is 0 Å². The molecule has 0 aliphatic carbocycles. The molecule has 0 saturated carbocycles. The fraction of sp³-hybridized carbons (Fsp3) is 0.833. The Morgan fingerprint density at radius 1 is 1.43 bits per heavy atom. The molecule has 1 atom stereocenters. The molecule has 1 fully saturated rings. The zero-order valence-electron chi connectivity index (χ0n) is 12.0. The number of carbonyl (C=O) groups is 2. The SMILES string of the molecule is CNCCCN(C)C(=O)N1CCC(C(=O)O)(C(F)(F)F)C1. The molecule has 0 radical (unpaired) electrons. The standard InChI is InChI=1S/C12H20F3N3O3/c1-16-5-3-6-17(2)10(21)18-7-4-11(8-18,9(19)20)12(13,14)15/h16H,3-8H2,1-2H3,(H,19,20). The number of carboxylic acids is 1. The summed E-state index contributed by atoms with van der Waals surface area (Å²) < 4.78 is 39.0. The molecule has 1 rings (SSSR count). The summed E-state index contributed by atoms with van der Waals surface area (Å²) in [5, 5.41) is 11.8. The van der Waals surface area contributed by atoms with Crippen LogP contribution in [0.4, 0.5) is 18.0 Å². The van der Waals surface area contributed by atoms with Crippen molar-refractivity contribution in [2.45, 2.75) is 19.0 Å². The summed E-state index contributed by atoms with van der Waals surface area (Å²) in [6.45, 7) is 0.0313. The molecule has 2 amide bonds. The van der Waals surface area contributed by atoms with Gasteiger partial charge in [0.05, 0.1) is 0 Å². The number of halogens is 3. The number of alkyl halides is 3. The quantitative estimate of drug-likeness (QED) is 0.743. The first kappa shape index (κ1) is 17.5. The molecule has 21 heavy (non-hydrogen) atoms. The molecule has 0 spiro atoms. The summed E-state index contributed by atoms with van der Waals surface area (Å²) in [6, 6.07) is -0.571. The van der Waals surface area contributed by atoms with Crippen LogP contribution in [0, 0.1) is 5.41 Å². The maximum atomic E-state index is 13.0. The number of amides is 2. The Labute approximate surface area is 120 Å². The number of aliphatic carboxylic acids is 1. The molecule has 9 heteroatoms. The third kappa shape index (κ3) is 3.58. The zero-order valence-corrected chi connectivity index (χ0v) is 12.0. The second kappa shape index (κ2) is 6.50. The van der Waals surface area contributed by atoms with Crippen molar-refractivity contribution in [3.63, 3.8) is 0 Å². The molecular formula is C12H20F3N3O3. The summed E-state index contributed by atoms with van der Waals surface area (Å²) >= 11 is 0. The molecule has 1 saturated heterocycles. The third-order valence-corrected chi connectivity index (χ3v) is 3.74. The molecule has 0 aromatic rings. The maximum absolute atomic E-state index is 13.0. The topological polar surface area (TPSA) is 72.9 Å². The molecule has 0 bridgehead atoms. The Hall–Kier alpha value is -1.51. The largest absolute Gasteiger partial charge is 0.481 e.